The number of benzene rings is 2. The van der Waals surface area contributed by atoms with E-state index in [1.165, 1.54) is 18.7 Å². The van der Waals surface area contributed by atoms with Gasteiger partial charge >= 0.3 is 0 Å². The van der Waals surface area contributed by atoms with Crippen molar-refractivity contribution in [2.24, 2.45) is 0 Å². The van der Waals surface area contributed by atoms with E-state index in [-0.39, 0.29) is 17.4 Å². The van der Waals surface area contributed by atoms with E-state index in [1.807, 2.05) is 61.5 Å². The fraction of sp³-hybridized carbons (Fsp3) is 0.174. The average molecular weight is 482 g/mol. The highest BCUT2D eigenvalue weighted by Crippen LogP contribution is 2.40. The maximum Gasteiger partial charge on any atom is 0.234 e. The van der Waals surface area contributed by atoms with E-state index in [4.69, 9.17) is 0 Å². The number of carbonyl (C=O) groups excluding carboxylic acids is 2. The van der Waals surface area contributed by atoms with E-state index >= 15 is 0 Å². The third kappa shape index (κ3) is 5.02. The molecule has 1 heterocycles. The van der Waals surface area contributed by atoms with Crippen LogP contribution in [0.1, 0.15) is 25.3 Å². The van der Waals surface area contributed by atoms with Crippen LogP contribution in [0.15, 0.2) is 80.9 Å². The second-order valence-electron chi connectivity index (χ2n) is 6.76. The summed E-state index contributed by atoms with van der Waals surface area (Å²) in [6.45, 7) is 3.33. The summed E-state index contributed by atoms with van der Waals surface area (Å²) < 4.78 is 0.931. The summed E-state index contributed by atoms with van der Waals surface area (Å²) in [4.78, 5) is 24.7. The first-order chi connectivity index (χ1) is 14.4. The number of nitrogens with zero attached hydrogens (tertiary/aromatic N) is 1. The second-order valence-corrected chi connectivity index (χ2v) is 8.66. The molecule has 7 heteroatoms. The van der Waals surface area contributed by atoms with Gasteiger partial charge in [0.2, 0.25) is 5.91 Å². The molecule has 0 radical (unpaired) electrons. The van der Waals surface area contributed by atoms with Crippen LogP contribution in [0.4, 0.5) is 5.69 Å². The molecular formula is C23H20BrN3O2S. The van der Waals surface area contributed by atoms with Crippen LogP contribution < -0.4 is 10.6 Å². The molecule has 1 amide bonds. The van der Waals surface area contributed by atoms with Crippen molar-refractivity contribution in [2.45, 2.75) is 19.8 Å². The molecule has 5 nitrogen and oxygen atoms in total. The Morgan fingerprint density at radius 1 is 1.17 bits per heavy atom. The van der Waals surface area contributed by atoms with Gasteiger partial charge in [-0.15, -0.1) is 0 Å². The zero-order valence-corrected chi connectivity index (χ0v) is 18.9. The average Bonchev–Trinajstić information content (AvgIpc) is 2.73. The molecule has 0 saturated heterocycles. The monoisotopic (exact) mass is 481 g/mol. The molecule has 1 atom stereocenters. The fourth-order valence-corrected chi connectivity index (χ4v) is 4.50. The van der Waals surface area contributed by atoms with Gasteiger partial charge in [-0.25, -0.2) is 0 Å². The number of anilines is 1. The first-order valence-electron chi connectivity index (χ1n) is 9.27. The third-order valence-electron chi connectivity index (χ3n) is 4.64. The maximum atomic E-state index is 12.4. The van der Waals surface area contributed by atoms with Crippen molar-refractivity contribution in [1.82, 2.24) is 5.32 Å². The van der Waals surface area contributed by atoms with Gasteiger partial charge in [0.25, 0.3) is 0 Å². The smallest absolute Gasteiger partial charge is 0.234 e. The van der Waals surface area contributed by atoms with E-state index in [9.17, 15) is 14.9 Å². The SMILES string of the molecule is CC(=O)C1=C(C)NC(SCC(=O)Nc2ccc(Br)cc2)=C(C#N)C1c1ccccc1. The summed E-state index contributed by atoms with van der Waals surface area (Å²) in [7, 11) is 0. The van der Waals surface area contributed by atoms with Gasteiger partial charge in [0.15, 0.2) is 5.78 Å². The Labute approximate surface area is 188 Å². The standard InChI is InChI=1S/C23H20BrN3O2S/c1-14-21(15(2)28)22(16-6-4-3-5-7-16)19(12-25)23(26-14)30-13-20(29)27-18-10-8-17(24)9-11-18/h3-11,22,26H,13H2,1-2H3,(H,27,29). The molecule has 30 heavy (non-hydrogen) atoms. The largest absolute Gasteiger partial charge is 0.353 e. The lowest BCUT2D eigenvalue weighted by Gasteiger charge is -2.29. The molecule has 0 aromatic heterocycles. The third-order valence-corrected chi connectivity index (χ3v) is 6.18. The van der Waals surface area contributed by atoms with E-state index < -0.39 is 5.92 Å². The number of allylic oxidation sites excluding steroid dienone is 3. The molecular weight excluding hydrogens is 462 g/mol. The topological polar surface area (TPSA) is 82.0 Å². The molecule has 1 aliphatic heterocycles. The van der Waals surface area contributed by atoms with Gasteiger partial charge in [0, 0.05) is 21.4 Å². The van der Waals surface area contributed by atoms with Crippen LogP contribution >= 0.6 is 27.7 Å². The van der Waals surface area contributed by atoms with E-state index in [1.54, 1.807) is 0 Å². The Bertz CT molecular complexity index is 1070. The number of hydrogen-bond acceptors (Lipinski definition) is 5. The van der Waals surface area contributed by atoms with E-state index in [0.717, 1.165) is 10.0 Å². The highest BCUT2D eigenvalue weighted by Gasteiger charge is 2.33. The number of dihydropyridines is 1. The number of Topliss-reactive ketones (excluding diaryl/α,β-unsaturated/α-hetero) is 1. The van der Waals surface area contributed by atoms with Gasteiger partial charge in [-0.2, -0.15) is 5.26 Å². The first kappa shape index (κ1) is 21.9. The highest BCUT2D eigenvalue weighted by molar-refractivity contribution is 9.10. The first-order valence-corrected chi connectivity index (χ1v) is 11.0. The predicted octanol–water partition coefficient (Wildman–Crippen LogP) is 5.11. The number of ketones is 1. The lowest BCUT2D eigenvalue weighted by molar-refractivity contribution is -0.114. The maximum absolute atomic E-state index is 12.4. The zero-order valence-electron chi connectivity index (χ0n) is 16.5. The molecule has 2 N–H and O–H groups in total. The lowest BCUT2D eigenvalue weighted by Crippen LogP contribution is -2.27. The molecule has 1 aliphatic rings. The molecule has 2 aromatic carbocycles. The van der Waals surface area contributed by atoms with E-state index in [0.29, 0.717) is 27.6 Å². The molecule has 1 unspecified atom stereocenters. The minimum Gasteiger partial charge on any atom is -0.353 e. The Morgan fingerprint density at radius 3 is 2.43 bits per heavy atom. The molecule has 3 rings (SSSR count). The molecule has 2 aromatic rings. The van der Waals surface area contributed by atoms with Crippen molar-refractivity contribution in [3.8, 4) is 6.07 Å². The van der Waals surface area contributed by atoms with Crippen molar-refractivity contribution >= 4 is 45.1 Å². The van der Waals surface area contributed by atoms with Crippen molar-refractivity contribution in [2.75, 3.05) is 11.1 Å². The summed E-state index contributed by atoms with van der Waals surface area (Å²) in [6, 6.07) is 19.1. The van der Waals surface area contributed by atoms with Gasteiger partial charge in [0.1, 0.15) is 0 Å². The van der Waals surface area contributed by atoms with Crippen molar-refractivity contribution in [3.05, 3.63) is 86.5 Å². The van der Waals surface area contributed by atoms with Crippen molar-refractivity contribution in [1.29, 1.82) is 5.26 Å². The quantitative estimate of drug-likeness (QED) is 0.599. The number of halogens is 1. The molecule has 0 bridgehead atoms. The second kappa shape index (κ2) is 9.79. The van der Waals surface area contributed by atoms with Crippen molar-refractivity contribution in [3.63, 3.8) is 0 Å². The number of rotatable bonds is 6. The minimum absolute atomic E-state index is 0.0846. The molecule has 0 fully saturated rings. The van der Waals surface area contributed by atoms with Gasteiger partial charge in [-0.05, 0) is 43.7 Å². The summed E-state index contributed by atoms with van der Waals surface area (Å²) in [5.74, 6) is -0.580. The Hall–Kier alpha value is -2.82. The number of carbonyl (C=O) groups is 2. The minimum atomic E-state index is -0.452. The predicted molar refractivity (Wildman–Crippen MR) is 124 cm³/mol. The van der Waals surface area contributed by atoms with Gasteiger partial charge in [0.05, 0.1) is 28.3 Å². The fourth-order valence-electron chi connectivity index (χ4n) is 3.34. The summed E-state index contributed by atoms with van der Waals surface area (Å²) in [5.41, 5.74) is 3.29. The number of hydrogen-bond donors (Lipinski definition) is 2. The zero-order chi connectivity index (χ0) is 21.7. The van der Waals surface area contributed by atoms with Crippen molar-refractivity contribution < 1.29 is 9.59 Å². The van der Waals surface area contributed by atoms with Crippen LogP contribution in [-0.2, 0) is 9.59 Å². The van der Waals surface area contributed by atoms with Gasteiger partial charge < -0.3 is 10.6 Å². The van der Waals surface area contributed by atoms with Gasteiger partial charge in [-0.3, -0.25) is 9.59 Å². The van der Waals surface area contributed by atoms with Crippen LogP contribution in [0.25, 0.3) is 0 Å². The Morgan fingerprint density at radius 2 is 1.83 bits per heavy atom. The Kier molecular flexibility index (Phi) is 7.14. The van der Waals surface area contributed by atoms with Crippen LogP contribution in [0.5, 0.6) is 0 Å². The normalized spacial score (nSPS) is 16.0. The molecule has 0 saturated carbocycles. The summed E-state index contributed by atoms with van der Waals surface area (Å²) in [6.07, 6.45) is 0. The molecule has 152 valence electrons. The highest BCUT2D eigenvalue weighted by atomic mass is 79.9. The number of thioether (sulfide) groups is 1. The number of amides is 1. The van der Waals surface area contributed by atoms with Crippen LogP contribution in [0.2, 0.25) is 0 Å². The summed E-state index contributed by atoms with van der Waals surface area (Å²) in [5, 5.41) is 16.5. The summed E-state index contributed by atoms with van der Waals surface area (Å²) >= 11 is 4.62. The lowest BCUT2D eigenvalue weighted by atomic mass is 9.81. The van der Waals surface area contributed by atoms with Crippen LogP contribution in [0, 0.1) is 11.3 Å². The Balaban J connectivity index is 1.84. The van der Waals surface area contributed by atoms with Crippen LogP contribution in [-0.4, -0.2) is 17.4 Å². The van der Waals surface area contributed by atoms with Gasteiger partial charge in [-0.1, -0.05) is 58.0 Å². The number of nitrogens with one attached hydrogen (secondary N) is 2. The molecule has 0 aliphatic carbocycles. The van der Waals surface area contributed by atoms with Crippen LogP contribution in [0.3, 0.4) is 0 Å². The van der Waals surface area contributed by atoms with E-state index in [2.05, 4.69) is 32.6 Å². The number of nitriles is 1. The molecule has 0 spiro atoms.